The summed E-state index contributed by atoms with van der Waals surface area (Å²) in [7, 11) is -1.81. The van der Waals surface area contributed by atoms with Gasteiger partial charge in [0.05, 0.1) is 11.3 Å². The number of rotatable bonds is 4. The molecule has 1 heterocycles. The first kappa shape index (κ1) is 15.7. The summed E-state index contributed by atoms with van der Waals surface area (Å²) in [5.41, 5.74) is 3.37. The second kappa shape index (κ2) is 5.79. The highest BCUT2D eigenvalue weighted by atomic mass is 32.2. The molecule has 0 saturated carbocycles. The molecule has 1 amide bonds. The molecule has 0 bridgehead atoms. The molecule has 1 aliphatic heterocycles. The number of carbonyl (C=O) groups is 1. The van der Waals surface area contributed by atoms with Crippen LogP contribution in [0.2, 0.25) is 0 Å². The Morgan fingerprint density at radius 2 is 1.91 bits per heavy atom. The van der Waals surface area contributed by atoms with Gasteiger partial charge in [0.1, 0.15) is 0 Å². The third kappa shape index (κ3) is 3.00. The first-order valence-electron chi connectivity index (χ1n) is 7.32. The minimum atomic E-state index is -3.55. The van der Waals surface area contributed by atoms with Gasteiger partial charge < -0.3 is 4.90 Å². The quantitative estimate of drug-likeness (QED) is 0.932. The molecule has 5 nitrogen and oxygen atoms in total. The lowest BCUT2D eigenvalue weighted by Crippen LogP contribution is -2.24. The van der Waals surface area contributed by atoms with Gasteiger partial charge in [-0.3, -0.25) is 4.79 Å². The molecule has 0 spiro atoms. The van der Waals surface area contributed by atoms with Crippen LogP contribution in [-0.4, -0.2) is 21.4 Å². The van der Waals surface area contributed by atoms with Crippen LogP contribution in [0.5, 0.6) is 0 Å². The number of hydrogen-bond acceptors (Lipinski definition) is 3. The lowest BCUT2D eigenvalue weighted by Gasteiger charge is -2.12. The van der Waals surface area contributed by atoms with E-state index in [0.29, 0.717) is 12.0 Å². The number of hydrogen-bond donors (Lipinski definition) is 1. The average molecular weight is 330 g/mol. The fraction of sp³-hybridized carbons (Fsp3) is 0.235. The zero-order valence-corrected chi connectivity index (χ0v) is 13.9. The van der Waals surface area contributed by atoms with E-state index in [2.05, 4.69) is 4.72 Å². The lowest BCUT2D eigenvalue weighted by atomic mass is 10.1. The summed E-state index contributed by atoms with van der Waals surface area (Å²) in [5.74, 6) is 0.0534. The van der Waals surface area contributed by atoms with Crippen LogP contribution < -0.4 is 9.62 Å². The van der Waals surface area contributed by atoms with Crippen molar-refractivity contribution in [2.24, 2.45) is 0 Å². The summed E-state index contributed by atoms with van der Waals surface area (Å²) in [6.07, 6.45) is 0.365. The van der Waals surface area contributed by atoms with Crippen LogP contribution in [0.15, 0.2) is 47.4 Å². The second-order valence-corrected chi connectivity index (χ2v) is 7.42. The number of anilines is 1. The standard InChI is InChI=1S/C17H18N2O3S/c1-12-5-3-4-6-16(12)23(21,22)18-11-13-7-8-15-14(9-13)10-17(20)19(15)2/h3-9,18H,10-11H2,1-2H3. The number of nitrogens with one attached hydrogen (secondary N) is 1. The third-order valence-corrected chi connectivity index (χ3v) is 5.63. The number of benzene rings is 2. The van der Waals surface area contributed by atoms with Crippen LogP contribution in [-0.2, 0) is 27.8 Å². The molecule has 0 saturated heterocycles. The van der Waals surface area contributed by atoms with Crippen molar-refractivity contribution >= 4 is 21.6 Å². The van der Waals surface area contributed by atoms with E-state index in [0.717, 1.165) is 16.8 Å². The van der Waals surface area contributed by atoms with E-state index in [-0.39, 0.29) is 17.3 Å². The van der Waals surface area contributed by atoms with Gasteiger partial charge in [-0.15, -0.1) is 0 Å². The first-order chi connectivity index (χ1) is 10.9. The average Bonchev–Trinajstić information content (AvgIpc) is 2.80. The van der Waals surface area contributed by atoms with Gasteiger partial charge in [-0.2, -0.15) is 0 Å². The van der Waals surface area contributed by atoms with Crippen molar-refractivity contribution < 1.29 is 13.2 Å². The van der Waals surface area contributed by atoms with Gasteiger partial charge in [0.25, 0.3) is 0 Å². The van der Waals surface area contributed by atoms with E-state index >= 15 is 0 Å². The zero-order chi connectivity index (χ0) is 16.6. The van der Waals surface area contributed by atoms with Crippen LogP contribution in [0.1, 0.15) is 16.7 Å². The minimum absolute atomic E-state index is 0.0534. The Bertz CT molecular complexity index is 875. The maximum Gasteiger partial charge on any atom is 0.241 e. The summed E-state index contributed by atoms with van der Waals surface area (Å²) in [4.78, 5) is 13.6. The first-order valence-corrected chi connectivity index (χ1v) is 8.80. The predicted octanol–water partition coefficient (Wildman–Crippen LogP) is 1.99. The van der Waals surface area contributed by atoms with Crippen molar-refractivity contribution in [1.29, 1.82) is 0 Å². The molecule has 3 rings (SSSR count). The largest absolute Gasteiger partial charge is 0.315 e. The van der Waals surface area contributed by atoms with Crippen LogP contribution >= 0.6 is 0 Å². The van der Waals surface area contributed by atoms with E-state index < -0.39 is 10.0 Å². The van der Waals surface area contributed by atoms with Gasteiger partial charge in [-0.05, 0) is 35.7 Å². The number of sulfonamides is 1. The van der Waals surface area contributed by atoms with Crippen molar-refractivity contribution in [3.05, 3.63) is 59.2 Å². The maximum atomic E-state index is 12.4. The van der Waals surface area contributed by atoms with Gasteiger partial charge in [-0.1, -0.05) is 30.3 Å². The van der Waals surface area contributed by atoms with Crippen LogP contribution in [0.25, 0.3) is 0 Å². The molecule has 2 aromatic rings. The van der Waals surface area contributed by atoms with Crippen LogP contribution in [0.3, 0.4) is 0 Å². The topological polar surface area (TPSA) is 66.5 Å². The molecule has 0 aromatic heterocycles. The molecule has 0 unspecified atom stereocenters. The molecule has 0 radical (unpaired) electrons. The highest BCUT2D eigenvalue weighted by Gasteiger charge is 2.24. The van der Waals surface area contributed by atoms with Gasteiger partial charge >= 0.3 is 0 Å². The van der Waals surface area contributed by atoms with Gasteiger partial charge in [0.2, 0.25) is 15.9 Å². The Morgan fingerprint density at radius 3 is 2.65 bits per heavy atom. The molecular formula is C17H18N2O3S. The van der Waals surface area contributed by atoms with Crippen LogP contribution in [0.4, 0.5) is 5.69 Å². The van der Waals surface area contributed by atoms with E-state index in [1.54, 1.807) is 37.1 Å². The fourth-order valence-electron chi connectivity index (χ4n) is 2.75. The van der Waals surface area contributed by atoms with Crippen molar-refractivity contribution in [3.8, 4) is 0 Å². The molecule has 0 fully saturated rings. The molecular weight excluding hydrogens is 312 g/mol. The van der Waals surface area contributed by atoms with E-state index in [1.165, 1.54) is 0 Å². The number of aryl methyl sites for hydroxylation is 1. The Kier molecular flexibility index (Phi) is 3.95. The molecule has 23 heavy (non-hydrogen) atoms. The smallest absolute Gasteiger partial charge is 0.241 e. The number of likely N-dealkylation sites (N-methyl/N-ethyl adjacent to an activating group) is 1. The van der Waals surface area contributed by atoms with E-state index in [4.69, 9.17) is 0 Å². The number of amides is 1. The van der Waals surface area contributed by atoms with E-state index in [9.17, 15) is 13.2 Å². The number of nitrogens with zero attached hydrogens (tertiary/aromatic N) is 1. The Hall–Kier alpha value is -2.18. The van der Waals surface area contributed by atoms with Gasteiger partial charge in [-0.25, -0.2) is 13.1 Å². The number of fused-ring (bicyclic) bond motifs is 1. The van der Waals surface area contributed by atoms with Crippen molar-refractivity contribution in [3.63, 3.8) is 0 Å². The SMILES string of the molecule is Cc1ccccc1S(=O)(=O)NCc1ccc2c(c1)CC(=O)N2C. The summed E-state index contributed by atoms with van der Waals surface area (Å²) in [6.45, 7) is 1.97. The van der Waals surface area contributed by atoms with Gasteiger partial charge in [0, 0.05) is 19.3 Å². The van der Waals surface area contributed by atoms with Crippen LogP contribution in [0, 0.1) is 6.92 Å². The Labute approximate surface area is 136 Å². The summed E-state index contributed by atoms with van der Waals surface area (Å²) < 4.78 is 27.4. The molecule has 0 atom stereocenters. The van der Waals surface area contributed by atoms with Crippen molar-refractivity contribution in [1.82, 2.24) is 4.72 Å². The Morgan fingerprint density at radius 1 is 1.17 bits per heavy atom. The number of carbonyl (C=O) groups excluding carboxylic acids is 1. The summed E-state index contributed by atoms with van der Waals surface area (Å²) in [5, 5.41) is 0. The molecule has 2 aromatic carbocycles. The fourth-order valence-corrected chi connectivity index (χ4v) is 4.01. The molecule has 120 valence electrons. The molecule has 1 aliphatic rings. The highest BCUT2D eigenvalue weighted by Crippen LogP contribution is 2.28. The monoisotopic (exact) mass is 330 g/mol. The highest BCUT2D eigenvalue weighted by molar-refractivity contribution is 7.89. The van der Waals surface area contributed by atoms with Crippen molar-refractivity contribution in [2.75, 3.05) is 11.9 Å². The maximum absolute atomic E-state index is 12.4. The summed E-state index contributed by atoms with van der Waals surface area (Å²) in [6, 6.07) is 12.5. The second-order valence-electron chi connectivity index (χ2n) is 5.68. The molecule has 0 aliphatic carbocycles. The molecule has 6 heteroatoms. The normalized spacial score (nSPS) is 14.2. The predicted molar refractivity (Wildman–Crippen MR) is 88.8 cm³/mol. The Balaban J connectivity index is 1.78. The summed E-state index contributed by atoms with van der Waals surface area (Å²) >= 11 is 0. The third-order valence-electron chi connectivity index (χ3n) is 4.07. The van der Waals surface area contributed by atoms with Gasteiger partial charge in [0.15, 0.2) is 0 Å². The minimum Gasteiger partial charge on any atom is -0.315 e. The molecule has 1 N–H and O–H groups in total. The lowest BCUT2D eigenvalue weighted by molar-refractivity contribution is -0.117. The van der Waals surface area contributed by atoms with E-state index in [1.807, 2.05) is 24.3 Å². The zero-order valence-electron chi connectivity index (χ0n) is 13.0. The van der Waals surface area contributed by atoms with Crippen molar-refractivity contribution in [2.45, 2.75) is 24.8 Å².